The van der Waals surface area contributed by atoms with Crippen molar-refractivity contribution in [3.05, 3.63) is 11.6 Å². The summed E-state index contributed by atoms with van der Waals surface area (Å²) in [7, 11) is 0. The van der Waals surface area contributed by atoms with Gasteiger partial charge in [-0.15, -0.1) is 0 Å². The maximum Gasteiger partial charge on any atom is -0.00425 e. The summed E-state index contributed by atoms with van der Waals surface area (Å²) >= 11 is 0. The van der Waals surface area contributed by atoms with Crippen LogP contribution in [0.1, 0.15) is 46.0 Å². The van der Waals surface area contributed by atoms with Crippen molar-refractivity contribution in [3.63, 3.8) is 0 Å². The molecule has 0 saturated carbocycles. The topological polar surface area (TPSA) is 26.0 Å². The van der Waals surface area contributed by atoms with Crippen molar-refractivity contribution in [2.45, 2.75) is 46.0 Å². The molecule has 0 amide bonds. The molecule has 0 unspecified atom stereocenters. The largest absolute Gasteiger partial charge is 0.330 e. The molecule has 0 heterocycles. The molecular formula is C10H21N. The van der Waals surface area contributed by atoms with Gasteiger partial charge in [0.05, 0.1) is 0 Å². The lowest BCUT2D eigenvalue weighted by molar-refractivity contribution is 0.791. The average Bonchev–Trinajstić information content (AvgIpc) is 2.01. The van der Waals surface area contributed by atoms with Crippen molar-refractivity contribution in [1.29, 1.82) is 0 Å². The SMILES string of the molecule is CCCC(=CCCN)CCC. The molecule has 0 aliphatic carbocycles. The second kappa shape index (κ2) is 7.80. The zero-order valence-electron chi connectivity index (χ0n) is 7.90. The predicted octanol–water partition coefficient (Wildman–Crippen LogP) is 2.86. The van der Waals surface area contributed by atoms with Gasteiger partial charge in [0, 0.05) is 0 Å². The molecular weight excluding hydrogens is 134 g/mol. The van der Waals surface area contributed by atoms with Gasteiger partial charge < -0.3 is 5.73 Å². The third-order valence-electron chi connectivity index (χ3n) is 1.74. The highest BCUT2D eigenvalue weighted by atomic mass is 14.5. The van der Waals surface area contributed by atoms with Gasteiger partial charge in [-0.05, 0) is 25.8 Å². The quantitative estimate of drug-likeness (QED) is 0.586. The lowest BCUT2D eigenvalue weighted by Crippen LogP contribution is -1.96. The number of hydrogen-bond acceptors (Lipinski definition) is 1. The minimum absolute atomic E-state index is 0.789. The Morgan fingerprint density at radius 2 is 1.73 bits per heavy atom. The lowest BCUT2D eigenvalue weighted by Gasteiger charge is -2.02. The first-order valence-corrected chi connectivity index (χ1v) is 4.73. The molecule has 0 aliphatic heterocycles. The molecule has 0 atom stereocenters. The first-order valence-electron chi connectivity index (χ1n) is 4.73. The van der Waals surface area contributed by atoms with Crippen molar-refractivity contribution >= 4 is 0 Å². The summed E-state index contributed by atoms with van der Waals surface area (Å²) < 4.78 is 0. The summed E-state index contributed by atoms with van der Waals surface area (Å²) in [6.07, 6.45) is 8.40. The van der Waals surface area contributed by atoms with Gasteiger partial charge >= 0.3 is 0 Å². The van der Waals surface area contributed by atoms with Crippen LogP contribution >= 0.6 is 0 Å². The molecule has 0 aromatic carbocycles. The van der Waals surface area contributed by atoms with E-state index in [4.69, 9.17) is 5.73 Å². The van der Waals surface area contributed by atoms with Crippen molar-refractivity contribution in [3.8, 4) is 0 Å². The van der Waals surface area contributed by atoms with E-state index < -0.39 is 0 Å². The van der Waals surface area contributed by atoms with Crippen molar-refractivity contribution in [2.24, 2.45) is 5.73 Å². The third kappa shape index (κ3) is 6.11. The van der Waals surface area contributed by atoms with Gasteiger partial charge in [0.15, 0.2) is 0 Å². The zero-order valence-corrected chi connectivity index (χ0v) is 7.90. The second-order valence-electron chi connectivity index (χ2n) is 2.94. The Morgan fingerprint density at radius 3 is 2.09 bits per heavy atom. The Labute approximate surface area is 70.7 Å². The monoisotopic (exact) mass is 155 g/mol. The van der Waals surface area contributed by atoms with Crippen LogP contribution < -0.4 is 5.73 Å². The van der Waals surface area contributed by atoms with Crippen molar-refractivity contribution in [1.82, 2.24) is 0 Å². The van der Waals surface area contributed by atoms with Crippen LogP contribution in [0.15, 0.2) is 11.6 Å². The summed E-state index contributed by atoms with van der Waals surface area (Å²) in [6.45, 7) is 5.24. The molecule has 0 saturated heterocycles. The zero-order chi connectivity index (χ0) is 8.53. The van der Waals surface area contributed by atoms with Crippen LogP contribution in [-0.2, 0) is 0 Å². The molecule has 0 fully saturated rings. The maximum absolute atomic E-state index is 5.42. The molecule has 11 heavy (non-hydrogen) atoms. The molecule has 2 N–H and O–H groups in total. The smallest absolute Gasteiger partial charge is 0.00425 e. The van der Waals surface area contributed by atoms with Gasteiger partial charge in [-0.2, -0.15) is 0 Å². The fourth-order valence-electron chi connectivity index (χ4n) is 1.26. The Bertz CT molecular complexity index is 97.4. The molecule has 1 heteroatoms. The Balaban J connectivity index is 3.66. The van der Waals surface area contributed by atoms with E-state index in [2.05, 4.69) is 19.9 Å². The fourth-order valence-corrected chi connectivity index (χ4v) is 1.26. The van der Waals surface area contributed by atoms with Gasteiger partial charge in [0.25, 0.3) is 0 Å². The van der Waals surface area contributed by atoms with Crippen LogP contribution in [0.4, 0.5) is 0 Å². The van der Waals surface area contributed by atoms with E-state index in [1.54, 1.807) is 5.57 Å². The standard InChI is InChI=1S/C10H21N/c1-3-6-10(7-4-2)8-5-9-11/h8H,3-7,9,11H2,1-2H3. The van der Waals surface area contributed by atoms with E-state index in [-0.39, 0.29) is 0 Å². The minimum Gasteiger partial charge on any atom is -0.330 e. The molecule has 0 bridgehead atoms. The molecule has 0 radical (unpaired) electrons. The van der Waals surface area contributed by atoms with E-state index in [9.17, 15) is 0 Å². The highest BCUT2D eigenvalue weighted by molar-refractivity contribution is 5.01. The van der Waals surface area contributed by atoms with Crippen LogP contribution in [0.3, 0.4) is 0 Å². The summed E-state index contributed by atoms with van der Waals surface area (Å²) in [6, 6.07) is 0. The summed E-state index contributed by atoms with van der Waals surface area (Å²) in [4.78, 5) is 0. The van der Waals surface area contributed by atoms with E-state index in [0.29, 0.717) is 0 Å². The Kier molecular flexibility index (Phi) is 7.59. The molecule has 1 nitrogen and oxygen atoms in total. The minimum atomic E-state index is 0.789. The van der Waals surface area contributed by atoms with E-state index in [1.165, 1.54) is 25.7 Å². The fraction of sp³-hybridized carbons (Fsp3) is 0.800. The first-order chi connectivity index (χ1) is 5.35. The van der Waals surface area contributed by atoms with Gasteiger partial charge in [0.1, 0.15) is 0 Å². The van der Waals surface area contributed by atoms with Crippen molar-refractivity contribution in [2.75, 3.05) is 6.54 Å². The number of allylic oxidation sites excluding steroid dienone is 1. The Hall–Kier alpha value is -0.300. The van der Waals surface area contributed by atoms with Gasteiger partial charge in [0.2, 0.25) is 0 Å². The summed E-state index contributed by atoms with van der Waals surface area (Å²) in [5.41, 5.74) is 7.02. The molecule has 0 aromatic rings. The molecule has 0 aliphatic rings. The van der Waals surface area contributed by atoms with Crippen LogP contribution in [0, 0.1) is 0 Å². The highest BCUT2D eigenvalue weighted by Crippen LogP contribution is 2.12. The summed E-state index contributed by atoms with van der Waals surface area (Å²) in [5, 5.41) is 0. The molecule has 66 valence electrons. The number of nitrogens with two attached hydrogens (primary N) is 1. The second-order valence-corrected chi connectivity index (χ2v) is 2.94. The lowest BCUT2D eigenvalue weighted by atomic mass is 10.0. The van der Waals surface area contributed by atoms with E-state index in [1.807, 2.05) is 0 Å². The number of rotatable bonds is 6. The van der Waals surface area contributed by atoms with Crippen molar-refractivity contribution < 1.29 is 0 Å². The normalized spacial score (nSPS) is 9.73. The molecule has 0 spiro atoms. The van der Waals surface area contributed by atoms with Crippen LogP contribution in [0.5, 0.6) is 0 Å². The average molecular weight is 155 g/mol. The van der Waals surface area contributed by atoms with Gasteiger partial charge in [-0.1, -0.05) is 38.3 Å². The summed E-state index contributed by atoms with van der Waals surface area (Å²) in [5.74, 6) is 0. The van der Waals surface area contributed by atoms with Gasteiger partial charge in [-0.25, -0.2) is 0 Å². The number of hydrogen-bond donors (Lipinski definition) is 1. The van der Waals surface area contributed by atoms with E-state index in [0.717, 1.165) is 13.0 Å². The third-order valence-corrected chi connectivity index (χ3v) is 1.74. The predicted molar refractivity (Wildman–Crippen MR) is 51.6 cm³/mol. The molecule has 0 rings (SSSR count). The maximum atomic E-state index is 5.42. The Morgan fingerprint density at radius 1 is 1.18 bits per heavy atom. The first kappa shape index (κ1) is 10.7. The van der Waals surface area contributed by atoms with Crippen LogP contribution in [0.25, 0.3) is 0 Å². The van der Waals surface area contributed by atoms with Gasteiger partial charge in [-0.3, -0.25) is 0 Å². The molecule has 0 aromatic heterocycles. The van der Waals surface area contributed by atoms with Crippen LogP contribution in [0.2, 0.25) is 0 Å². The highest BCUT2D eigenvalue weighted by Gasteiger charge is 1.92. The van der Waals surface area contributed by atoms with E-state index >= 15 is 0 Å². The van der Waals surface area contributed by atoms with Crippen LogP contribution in [-0.4, -0.2) is 6.54 Å².